The van der Waals surface area contributed by atoms with Gasteiger partial charge in [-0.05, 0) is 42.7 Å². The van der Waals surface area contributed by atoms with E-state index in [1.807, 2.05) is 24.4 Å². The zero-order valence-electron chi connectivity index (χ0n) is 16.0. The van der Waals surface area contributed by atoms with Gasteiger partial charge in [-0.1, -0.05) is 13.0 Å². The van der Waals surface area contributed by atoms with Crippen LogP contribution in [-0.4, -0.2) is 31.4 Å². The first-order chi connectivity index (χ1) is 14.1. The van der Waals surface area contributed by atoms with Crippen molar-refractivity contribution >= 4 is 45.3 Å². The predicted molar refractivity (Wildman–Crippen MR) is 117 cm³/mol. The van der Waals surface area contributed by atoms with Crippen LogP contribution in [0.3, 0.4) is 0 Å². The summed E-state index contributed by atoms with van der Waals surface area (Å²) in [5.41, 5.74) is 13.5. The average Bonchev–Trinajstić information content (AvgIpc) is 3.30. The van der Waals surface area contributed by atoms with Gasteiger partial charge in [0.2, 0.25) is 0 Å². The molecule has 7 nitrogen and oxygen atoms in total. The lowest BCUT2D eigenvalue weighted by Gasteiger charge is -2.16. The Kier molecular flexibility index (Phi) is 4.52. The minimum Gasteiger partial charge on any atom is -0.384 e. The highest BCUT2D eigenvalue weighted by Gasteiger charge is 2.33. The summed E-state index contributed by atoms with van der Waals surface area (Å²) in [7, 11) is 0. The third-order valence-corrected chi connectivity index (χ3v) is 6.57. The standard InChI is InChI=1S/C21H22N6OS/c1-12-8-19(27-7-6-15-20(23)24-11-25-21(15)27)28-17(12)10-29-14-4-2-13-3-5-18(22)26-16(13)9-14/h2-7,9,11-12,17,19H,8,10H2,1H3,(H2,22,26)(H2,23,24,25). The average molecular weight is 407 g/mol. The highest BCUT2D eigenvalue weighted by molar-refractivity contribution is 7.99. The summed E-state index contributed by atoms with van der Waals surface area (Å²) in [5, 5.41) is 1.96. The molecule has 148 valence electrons. The van der Waals surface area contributed by atoms with E-state index in [0.29, 0.717) is 17.6 Å². The van der Waals surface area contributed by atoms with Crippen LogP contribution in [0, 0.1) is 5.92 Å². The Balaban J connectivity index is 1.30. The van der Waals surface area contributed by atoms with Crippen LogP contribution in [-0.2, 0) is 4.74 Å². The van der Waals surface area contributed by atoms with E-state index >= 15 is 0 Å². The Bertz CT molecular complexity index is 1190. The van der Waals surface area contributed by atoms with Crippen molar-refractivity contribution in [3.63, 3.8) is 0 Å². The van der Waals surface area contributed by atoms with Crippen LogP contribution in [0.2, 0.25) is 0 Å². The molecule has 4 N–H and O–H groups in total. The van der Waals surface area contributed by atoms with Gasteiger partial charge in [0.15, 0.2) is 0 Å². The van der Waals surface area contributed by atoms with Crippen LogP contribution < -0.4 is 11.5 Å². The van der Waals surface area contributed by atoms with E-state index in [1.54, 1.807) is 11.8 Å². The maximum atomic E-state index is 6.40. The van der Waals surface area contributed by atoms with Crippen LogP contribution in [0.25, 0.3) is 21.9 Å². The van der Waals surface area contributed by atoms with Crippen LogP contribution >= 0.6 is 11.8 Å². The highest BCUT2D eigenvalue weighted by atomic mass is 32.2. The molecule has 0 aliphatic carbocycles. The molecule has 1 fully saturated rings. The number of benzene rings is 1. The largest absolute Gasteiger partial charge is 0.384 e. The second-order valence-corrected chi connectivity index (χ2v) is 8.56. The van der Waals surface area contributed by atoms with Crippen molar-refractivity contribution in [3.8, 4) is 0 Å². The van der Waals surface area contributed by atoms with Crippen molar-refractivity contribution in [1.82, 2.24) is 19.5 Å². The topological polar surface area (TPSA) is 105 Å². The fourth-order valence-corrected chi connectivity index (χ4v) is 4.97. The van der Waals surface area contributed by atoms with Crippen molar-refractivity contribution in [1.29, 1.82) is 0 Å². The fourth-order valence-electron chi connectivity index (χ4n) is 3.85. The molecule has 1 aliphatic heterocycles. The summed E-state index contributed by atoms with van der Waals surface area (Å²) in [4.78, 5) is 14.0. The van der Waals surface area contributed by atoms with Gasteiger partial charge in [-0.3, -0.25) is 0 Å². The van der Waals surface area contributed by atoms with Gasteiger partial charge < -0.3 is 20.8 Å². The molecule has 4 heterocycles. The van der Waals surface area contributed by atoms with E-state index in [-0.39, 0.29) is 12.3 Å². The molecule has 0 bridgehead atoms. The molecule has 3 atom stereocenters. The summed E-state index contributed by atoms with van der Waals surface area (Å²) < 4.78 is 8.47. The van der Waals surface area contributed by atoms with Gasteiger partial charge in [0.25, 0.3) is 0 Å². The number of rotatable bonds is 4. The van der Waals surface area contributed by atoms with E-state index in [4.69, 9.17) is 16.2 Å². The van der Waals surface area contributed by atoms with Gasteiger partial charge >= 0.3 is 0 Å². The van der Waals surface area contributed by atoms with E-state index in [9.17, 15) is 0 Å². The smallest absolute Gasteiger partial charge is 0.147 e. The van der Waals surface area contributed by atoms with E-state index in [0.717, 1.165) is 34.1 Å². The van der Waals surface area contributed by atoms with E-state index in [2.05, 4.69) is 44.6 Å². The van der Waals surface area contributed by atoms with Crippen molar-refractivity contribution in [2.45, 2.75) is 30.6 Å². The number of fused-ring (bicyclic) bond motifs is 2. The normalized spacial score (nSPS) is 21.9. The number of pyridine rings is 1. The lowest BCUT2D eigenvalue weighted by molar-refractivity contribution is 0.0106. The Morgan fingerprint density at radius 1 is 1.17 bits per heavy atom. The third kappa shape index (κ3) is 3.38. The Hall–Kier alpha value is -2.84. The third-order valence-electron chi connectivity index (χ3n) is 5.49. The molecule has 4 aromatic rings. The van der Waals surface area contributed by atoms with Crippen molar-refractivity contribution in [3.05, 3.63) is 48.9 Å². The lowest BCUT2D eigenvalue weighted by atomic mass is 10.1. The number of nitrogens with zero attached hydrogens (tertiary/aromatic N) is 4. The number of thioether (sulfide) groups is 1. The van der Waals surface area contributed by atoms with E-state index < -0.39 is 0 Å². The van der Waals surface area contributed by atoms with Gasteiger partial charge in [0.1, 0.15) is 29.8 Å². The summed E-state index contributed by atoms with van der Waals surface area (Å²) >= 11 is 1.79. The second kappa shape index (κ2) is 7.20. The Labute approximate surface area is 172 Å². The van der Waals surface area contributed by atoms with Crippen molar-refractivity contribution in [2.24, 2.45) is 5.92 Å². The zero-order chi connectivity index (χ0) is 20.0. The van der Waals surface area contributed by atoms with Gasteiger partial charge in [-0.15, -0.1) is 11.8 Å². The molecule has 8 heteroatoms. The molecule has 0 saturated carbocycles. The maximum absolute atomic E-state index is 6.40. The Morgan fingerprint density at radius 3 is 2.93 bits per heavy atom. The first kappa shape index (κ1) is 18.2. The van der Waals surface area contributed by atoms with Crippen molar-refractivity contribution < 1.29 is 4.74 Å². The SMILES string of the molecule is CC1CC(n2ccc3c(N)ncnc32)OC1CSc1ccc2ccc(N)nc2c1. The molecule has 3 unspecified atom stereocenters. The Morgan fingerprint density at radius 2 is 2.03 bits per heavy atom. The van der Waals surface area contributed by atoms with E-state index in [1.165, 1.54) is 11.2 Å². The number of ether oxygens (including phenoxy) is 1. The number of aromatic nitrogens is 4. The molecular formula is C21H22N6OS. The summed E-state index contributed by atoms with van der Waals surface area (Å²) in [6, 6.07) is 12.1. The van der Waals surface area contributed by atoms with Gasteiger partial charge in [-0.25, -0.2) is 15.0 Å². The molecular weight excluding hydrogens is 384 g/mol. The van der Waals surface area contributed by atoms with Gasteiger partial charge in [0, 0.05) is 22.2 Å². The molecule has 1 aromatic carbocycles. The van der Waals surface area contributed by atoms with Gasteiger partial charge in [-0.2, -0.15) is 0 Å². The van der Waals surface area contributed by atoms with Crippen LogP contribution in [0.4, 0.5) is 11.6 Å². The summed E-state index contributed by atoms with van der Waals surface area (Å²) in [6.45, 7) is 2.24. The van der Waals surface area contributed by atoms with Gasteiger partial charge in [0.05, 0.1) is 17.0 Å². The molecule has 3 aromatic heterocycles. The number of hydrogen-bond donors (Lipinski definition) is 2. The number of anilines is 2. The van der Waals surface area contributed by atoms with Crippen LogP contribution in [0.15, 0.2) is 53.8 Å². The highest BCUT2D eigenvalue weighted by Crippen LogP contribution is 2.38. The fraction of sp³-hybridized carbons (Fsp3) is 0.286. The number of nitrogen functional groups attached to an aromatic ring is 2. The number of nitrogens with two attached hydrogens (primary N) is 2. The predicted octanol–water partition coefficient (Wildman–Crippen LogP) is 3.86. The number of hydrogen-bond acceptors (Lipinski definition) is 7. The summed E-state index contributed by atoms with van der Waals surface area (Å²) in [6.07, 6.45) is 4.54. The maximum Gasteiger partial charge on any atom is 0.147 e. The molecule has 1 aliphatic rings. The molecule has 0 amide bonds. The minimum absolute atomic E-state index is 0.0412. The van der Waals surface area contributed by atoms with Crippen molar-refractivity contribution in [2.75, 3.05) is 17.2 Å². The molecule has 29 heavy (non-hydrogen) atoms. The zero-order valence-corrected chi connectivity index (χ0v) is 16.8. The summed E-state index contributed by atoms with van der Waals surface area (Å²) in [5.74, 6) is 2.36. The lowest BCUT2D eigenvalue weighted by Crippen LogP contribution is -2.17. The second-order valence-electron chi connectivity index (χ2n) is 7.46. The quantitative estimate of drug-likeness (QED) is 0.496. The monoisotopic (exact) mass is 406 g/mol. The first-order valence-electron chi connectivity index (χ1n) is 9.60. The molecule has 0 spiro atoms. The molecule has 5 rings (SSSR count). The van der Waals surface area contributed by atoms with Crippen LogP contribution in [0.1, 0.15) is 19.6 Å². The minimum atomic E-state index is -0.0412. The molecule has 1 saturated heterocycles. The first-order valence-corrected chi connectivity index (χ1v) is 10.6. The molecule has 0 radical (unpaired) electrons. The van der Waals surface area contributed by atoms with Crippen LogP contribution in [0.5, 0.6) is 0 Å².